The summed E-state index contributed by atoms with van der Waals surface area (Å²) in [5.74, 6) is -1.03. The molecular weight excluding hydrogens is 272 g/mol. The summed E-state index contributed by atoms with van der Waals surface area (Å²) in [5, 5.41) is 0. The molecule has 6 heteroatoms. The Morgan fingerprint density at radius 2 is 1.67 bits per heavy atom. The lowest BCUT2D eigenvalue weighted by Gasteiger charge is -2.09. The molecule has 0 aliphatic carbocycles. The molecule has 1 amide bonds. The van der Waals surface area contributed by atoms with E-state index in [0.29, 0.717) is 5.56 Å². The lowest BCUT2D eigenvalue weighted by molar-refractivity contribution is 0.0599. The molecule has 0 fully saturated rings. The zero-order chi connectivity index (χ0) is 15.4. The fourth-order valence-electron chi connectivity index (χ4n) is 1.69. The van der Waals surface area contributed by atoms with E-state index >= 15 is 0 Å². The Hall–Kier alpha value is -2.89. The molecule has 2 rings (SSSR count). The number of hydrogen-bond acceptors (Lipinski definition) is 4. The van der Waals surface area contributed by atoms with Gasteiger partial charge < -0.3 is 4.74 Å². The third-order valence-electron chi connectivity index (χ3n) is 2.87. The number of amides is 1. The molecule has 0 spiro atoms. The molecule has 0 saturated heterocycles. The number of carbonyl (C=O) groups excluding carboxylic acids is 2. The Balaban J connectivity index is 2.26. The number of nitrogens with one attached hydrogen (secondary N) is 1. The second-order valence-corrected chi connectivity index (χ2v) is 4.42. The summed E-state index contributed by atoms with van der Waals surface area (Å²) >= 11 is 0. The minimum absolute atomic E-state index is 0.168. The highest BCUT2D eigenvalue weighted by Gasteiger charge is 2.10. The van der Waals surface area contributed by atoms with Crippen molar-refractivity contribution in [2.24, 2.45) is 0 Å². The second-order valence-electron chi connectivity index (χ2n) is 4.42. The van der Waals surface area contributed by atoms with Crippen LogP contribution in [-0.2, 0) is 4.74 Å². The topological polar surface area (TPSA) is 77.4 Å². The average Bonchev–Trinajstić information content (AvgIpc) is 2.49. The summed E-state index contributed by atoms with van der Waals surface area (Å²) in [7, 11) is 1.24. The van der Waals surface area contributed by atoms with Crippen molar-refractivity contribution in [1.29, 1.82) is 0 Å². The summed E-state index contributed by atoms with van der Waals surface area (Å²) in [6.07, 6.45) is 1.22. The highest BCUT2D eigenvalue weighted by Crippen LogP contribution is 2.03. The first kappa shape index (κ1) is 14.5. The van der Waals surface area contributed by atoms with Crippen molar-refractivity contribution in [3.8, 4) is 0 Å². The van der Waals surface area contributed by atoms with Crippen LogP contribution in [0.4, 0.5) is 0 Å². The zero-order valence-electron chi connectivity index (χ0n) is 11.6. The van der Waals surface area contributed by atoms with E-state index in [2.05, 4.69) is 10.2 Å². The summed E-state index contributed by atoms with van der Waals surface area (Å²) < 4.78 is 5.52. The molecule has 0 aliphatic rings. The number of esters is 1. The van der Waals surface area contributed by atoms with Gasteiger partial charge in [0.2, 0.25) is 0 Å². The highest BCUT2D eigenvalue weighted by atomic mass is 16.5. The number of hydrogen-bond donors (Lipinski definition) is 1. The molecule has 1 heterocycles. The summed E-state index contributed by atoms with van der Waals surface area (Å²) in [6, 6.07) is 9.41. The van der Waals surface area contributed by atoms with Crippen molar-refractivity contribution in [2.75, 3.05) is 12.5 Å². The van der Waals surface area contributed by atoms with Gasteiger partial charge in [0.25, 0.3) is 11.5 Å². The van der Waals surface area contributed by atoms with Crippen LogP contribution in [0, 0.1) is 6.92 Å². The van der Waals surface area contributed by atoms with Crippen LogP contribution in [-0.4, -0.2) is 23.7 Å². The van der Waals surface area contributed by atoms with E-state index in [1.807, 2.05) is 6.92 Å². The van der Waals surface area contributed by atoms with Crippen LogP contribution in [0.3, 0.4) is 0 Å². The van der Waals surface area contributed by atoms with E-state index in [9.17, 15) is 14.4 Å². The second kappa shape index (κ2) is 6.04. The fourth-order valence-corrected chi connectivity index (χ4v) is 1.69. The van der Waals surface area contributed by atoms with Crippen LogP contribution >= 0.6 is 0 Å². The standard InChI is InChI=1S/C15H14N2O4/c1-10-3-5-11(6-4-10)14(19)16-17-9-12(15(20)21-2)7-8-13(17)18/h3-9H,1-2H3,(H,16,19). The van der Waals surface area contributed by atoms with Crippen molar-refractivity contribution >= 4 is 11.9 Å². The molecule has 0 unspecified atom stereocenters. The number of methoxy groups -OCH3 is 1. The first-order valence-electron chi connectivity index (χ1n) is 6.20. The van der Waals surface area contributed by atoms with Crippen molar-refractivity contribution in [3.05, 3.63) is 69.6 Å². The van der Waals surface area contributed by atoms with Gasteiger partial charge in [-0.15, -0.1) is 0 Å². The van der Waals surface area contributed by atoms with Gasteiger partial charge in [0.15, 0.2) is 0 Å². The van der Waals surface area contributed by atoms with Crippen LogP contribution in [0.15, 0.2) is 47.4 Å². The van der Waals surface area contributed by atoms with Crippen LogP contribution < -0.4 is 11.0 Å². The molecule has 1 N–H and O–H groups in total. The molecule has 0 bridgehead atoms. The van der Waals surface area contributed by atoms with Gasteiger partial charge in [-0.2, -0.15) is 0 Å². The van der Waals surface area contributed by atoms with Crippen LogP contribution in [0.5, 0.6) is 0 Å². The SMILES string of the molecule is COC(=O)c1ccc(=O)n(NC(=O)c2ccc(C)cc2)c1. The van der Waals surface area contributed by atoms with E-state index in [0.717, 1.165) is 10.2 Å². The van der Waals surface area contributed by atoms with Gasteiger partial charge in [0.1, 0.15) is 0 Å². The Morgan fingerprint density at radius 1 is 1.05 bits per heavy atom. The lowest BCUT2D eigenvalue weighted by Crippen LogP contribution is -2.33. The maximum Gasteiger partial charge on any atom is 0.339 e. The first-order chi connectivity index (χ1) is 10.0. The lowest BCUT2D eigenvalue weighted by atomic mass is 10.1. The van der Waals surface area contributed by atoms with Crippen molar-refractivity contribution in [2.45, 2.75) is 6.92 Å². The van der Waals surface area contributed by atoms with Crippen LogP contribution in [0.25, 0.3) is 0 Å². The van der Waals surface area contributed by atoms with E-state index in [1.54, 1.807) is 24.3 Å². The average molecular weight is 286 g/mol. The number of benzene rings is 1. The van der Waals surface area contributed by atoms with Crippen molar-refractivity contribution < 1.29 is 14.3 Å². The van der Waals surface area contributed by atoms with E-state index in [-0.39, 0.29) is 5.56 Å². The van der Waals surface area contributed by atoms with Crippen LogP contribution in [0.1, 0.15) is 26.3 Å². The molecule has 0 aliphatic heterocycles. The Morgan fingerprint density at radius 3 is 2.29 bits per heavy atom. The van der Waals surface area contributed by atoms with Crippen LogP contribution in [0.2, 0.25) is 0 Å². The number of nitrogens with zero attached hydrogens (tertiary/aromatic N) is 1. The fraction of sp³-hybridized carbons (Fsp3) is 0.133. The predicted octanol–water partition coefficient (Wildman–Crippen LogP) is 1.33. The molecule has 0 saturated carbocycles. The number of pyridine rings is 1. The van der Waals surface area contributed by atoms with E-state index in [1.165, 1.54) is 25.4 Å². The molecule has 21 heavy (non-hydrogen) atoms. The first-order valence-corrected chi connectivity index (χ1v) is 6.20. The van der Waals surface area contributed by atoms with Gasteiger partial charge in [0, 0.05) is 17.8 Å². The largest absolute Gasteiger partial charge is 0.465 e. The minimum atomic E-state index is -0.590. The summed E-state index contributed by atoms with van der Waals surface area (Å²) in [4.78, 5) is 35.2. The van der Waals surface area contributed by atoms with Gasteiger partial charge >= 0.3 is 5.97 Å². The molecule has 0 radical (unpaired) electrons. The molecule has 1 aromatic carbocycles. The van der Waals surface area contributed by atoms with Crippen molar-refractivity contribution in [3.63, 3.8) is 0 Å². The highest BCUT2D eigenvalue weighted by molar-refractivity contribution is 6.00. The van der Waals surface area contributed by atoms with Gasteiger partial charge in [-0.3, -0.25) is 15.0 Å². The number of rotatable bonds is 3. The Kier molecular flexibility index (Phi) is 4.18. The maximum atomic E-state index is 12.0. The zero-order valence-corrected chi connectivity index (χ0v) is 11.6. The van der Waals surface area contributed by atoms with E-state index < -0.39 is 17.4 Å². The number of aromatic nitrogens is 1. The summed E-state index contributed by atoms with van der Waals surface area (Å²) in [6.45, 7) is 1.91. The summed E-state index contributed by atoms with van der Waals surface area (Å²) in [5.41, 5.74) is 3.57. The molecule has 6 nitrogen and oxygen atoms in total. The number of carbonyl (C=O) groups is 2. The van der Waals surface area contributed by atoms with Gasteiger partial charge in [0.05, 0.1) is 12.7 Å². The van der Waals surface area contributed by atoms with Gasteiger partial charge in [-0.1, -0.05) is 17.7 Å². The predicted molar refractivity (Wildman–Crippen MR) is 76.9 cm³/mol. The minimum Gasteiger partial charge on any atom is -0.465 e. The molecule has 1 aromatic heterocycles. The van der Waals surface area contributed by atoms with Gasteiger partial charge in [-0.05, 0) is 25.1 Å². The maximum absolute atomic E-state index is 12.0. The Labute approximate surface area is 120 Å². The number of ether oxygens (including phenoxy) is 1. The molecule has 108 valence electrons. The third-order valence-corrected chi connectivity index (χ3v) is 2.87. The number of aryl methyl sites for hydroxylation is 1. The molecule has 2 aromatic rings. The quantitative estimate of drug-likeness (QED) is 0.863. The third kappa shape index (κ3) is 3.36. The smallest absolute Gasteiger partial charge is 0.339 e. The van der Waals surface area contributed by atoms with E-state index in [4.69, 9.17) is 0 Å². The Bertz CT molecular complexity index is 732. The molecular formula is C15H14N2O4. The van der Waals surface area contributed by atoms with Gasteiger partial charge in [-0.25, -0.2) is 9.47 Å². The normalized spacial score (nSPS) is 10.0. The van der Waals surface area contributed by atoms with Crippen molar-refractivity contribution in [1.82, 2.24) is 4.68 Å². The molecule has 0 atom stereocenters. The monoisotopic (exact) mass is 286 g/mol.